The number of esters is 1. The van der Waals surface area contributed by atoms with Gasteiger partial charge < -0.3 is 90.2 Å². The van der Waals surface area contributed by atoms with Crippen molar-refractivity contribution >= 4 is 18.2 Å². The van der Waals surface area contributed by atoms with Gasteiger partial charge in [0.1, 0.15) is 60.5 Å². The van der Waals surface area contributed by atoms with Crippen LogP contribution in [0.3, 0.4) is 0 Å². The molecule has 12 N–H and O–H groups in total. The smallest absolute Gasteiger partial charge is 0.317 e. The van der Waals surface area contributed by atoms with Crippen LogP contribution in [0.1, 0.15) is 132 Å². The van der Waals surface area contributed by atoms with Gasteiger partial charge in [-0.1, -0.05) is 59.6 Å². The Morgan fingerprint density at radius 3 is 2.16 bits per heavy atom. The average molecular weight is 1040 g/mol. The molecule has 24 atom stereocenters. The number of aldehydes is 1. The van der Waals surface area contributed by atoms with Crippen LogP contribution in [0.25, 0.3) is 0 Å². The van der Waals surface area contributed by atoms with Gasteiger partial charge in [-0.2, -0.15) is 0 Å². The summed E-state index contributed by atoms with van der Waals surface area (Å²) in [5.74, 6) is -1.72. The highest BCUT2D eigenvalue weighted by Gasteiger charge is 2.72. The van der Waals surface area contributed by atoms with E-state index in [0.717, 1.165) is 31.1 Å². The van der Waals surface area contributed by atoms with Crippen molar-refractivity contribution in [2.24, 2.45) is 56.0 Å². The van der Waals surface area contributed by atoms with Crippen LogP contribution in [0, 0.1) is 50.2 Å². The molecule has 0 aromatic rings. The number of fused-ring (bicyclic) bond motifs is 7. The fourth-order valence-corrected chi connectivity index (χ4v) is 15.7. The molecule has 20 nitrogen and oxygen atoms in total. The van der Waals surface area contributed by atoms with Crippen LogP contribution < -0.4 is 11.1 Å². The van der Waals surface area contributed by atoms with Crippen molar-refractivity contribution in [1.82, 2.24) is 5.32 Å². The average Bonchev–Trinajstić information content (AvgIpc) is 3.33. The molecule has 3 heterocycles. The molecular weight excluding hydrogens is 953 g/mol. The molecule has 8 rings (SSSR count). The molecule has 3 saturated heterocycles. The number of hydrogen-bond donors (Lipinski definition) is 11. The number of ether oxygens (including phenoxy) is 6. The molecular formula is C53H86N2O18. The third kappa shape index (κ3) is 9.59. The number of unbranched alkanes of at least 4 members (excludes halogenated alkanes) is 2. The van der Waals surface area contributed by atoms with Gasteiger partial charge in [0.05, 0.1) is 43.0 Å². The lowest BCUT2D eigenvalue weighted by atomic mass is 9.33. The van der Waals surface area contributed by atoms with Gasteiger partial charge in [-0.25, -0.2) is 0 Å². The summed E-state index contributed by atoms with van der Waals surface area (Å²) in [5, 5.41) is 104. The minimum absolute atomic E-state index is 0.0375. The first-order valence-corrected chi connectivity index (χ1v) is 26.9. The highest BCUT2D eigenvalue weighted by molar-refractivity contribution is 5.80. The van der Waals surface area contributed by atoms with Crippen molar-refractivity contribution in [1.29, 1.82) is 0 Å². The van der Waals surface area contributed by atoms with Crippen LogP contribution in [0.5, 0.6) is 0 Å². The second-order valence-corrected chi connectivity index (χ2v) is 25.0. The fourth-order valence-electron chi connectivity index (χ4n) is 15.7. The van der Waals surface area contributed by atoms with Crippen LogP contribution >= 0.6 is 0 Å². The third-order valence-corrected chi connectivity index (χ3v) is 20.3. The molecule has 20 heteroatoms. The second kappa shape index (κ2) is 21.2. The maximum Gasteiger partial charge on any atom is 0.317 e. The molecule has 0 aromatic carbocycles. The normalized spacial score (nSPS) is 50.5. The number of aliphatic hydroxyl groups is 9. The summed E-state index contributed by atoms with van der Waals surface area (Å²) in [5.41, 5.74) is 2.84. The highest BCUT2D eigenvalue weighted by Crippen LogP contribution is 2.76. The highest BCUT2D eigenvalue weighted by atomic mass is 16.8. The summed E-state index contributed by atoms with van der Waals surface area (Å²) in [4.78, 5) is 41.7. The van der Waals surface area contributed by atoms with E-state index < -0.39 is 145 Å². The Morgan fingerprint density at radius 2 is 1.48 bits per heavy atom. The van der Waals surface area contributed by atoms with E-state index >= 15 is 4.79 Å². The number of hydrogen-bond acceptors (Lipinski definition) is 19. The third-order valence-electron chi connectivity index (χ3n) is 20.3. The predicted molar refractivity (Wildman–Crippen MR) is 258 cm³/mol. The minimum atomic E-state index is -1.93. The Morgan fingerprint density at radius 1 is 0.781 bits per heavy atom. The molecule has 3 aliphatic heterocycles. The molecule has 73 heavy (non-hydrogen) atoms. The van der Waals surface area contributed by atoms with Crippen LogP contribution in [-0.2, 0) is 42.8 Å². The van der Waals surface area contributed by atoms with E-state index in [9.17, 15) is 55.5 Å². The van der Waals surface area contributed by atoms with Gasteiger partial charge in [0.25, 0.3) is 0 Å². The number of nitrogens with one attached hydrogen (secondary N) is 1. The van der Waals surface area contributed by atoms with Crippen molar-refractivity contribution in [3.63, 3.8) is 0 Å². The van der Waals surface area contributed by atoms with Crippen LogP contribution in [0.4, 0.5) is 0 Å². The van der Waals surface area contributed by atoms with Gasteiger partial charge in [0.15, 0.2) is 18.7 Å². The van der Waals surface area contributed by atoms with Gasteiger partial charge in [-0.15, -0.1) is 0 Å². The van der Waals surface area contributed by atoms with Crippen molar-refractivity contribution in [2.45, 2.75) is 230 Å². The Hall–Kier alpha value is -2.25. The molecule has 416 valence electrons. The molecule has 0 aromatic heterocycles. The molecule has 5 aliphatic carbocycles. The quantitative estimate of drug-likeness (QED) is 0.0491. The number of rotatable bonds is 14. The van der Waals surface area contributed by atoms with Crippen molar-refractivity contribution in [3.05, 3.63) is 11.6 Å². The Bertz CT molecular complexity index is 2030. The van der Waals surface area contributed by atoms with Crippen LogP contribution in [0.2, 0.25) is 0 Å². The van der Waals surface area contributed by atoms with Crippen LogP contribution in [0.15, 0.2) is 11.6 Å². The Labute approximate surface area is 428 Å². The number of carbonyl (C=O) groups is 3. The van der Waals surface area contributed by atoms with E-state index in [1.165, 1.54) is 6.92 Å². The van der Waals surface area contributed by atoms with Gasteiger partial charge in [0.2, 0.25) is 12.2 Å². The standard InChI is InChI=1S/C53H86N2O18/c1-26-42(71-44-40(65)37(62)29(58)24-68-44)39(64)41(66)45(69-26)72-43-38(63)36(55-35(61)11-9-8-10-20-54)30(23-56)70-46(43)73-47(67)53-19-18-48(2,3)21-28(53)27-12-13-32-49(4)16-15-33(59)50(5,25-57)31(49)14-17-51(32,6)52(27,7)22-34(53)60/h12,25-26,28-34,36-46,56,58-60,62-66H,8-11,13-24,54H2,1-7H3,(H,55,61)/t26-,28?,29-,30?,31-,32?,33+,34?,36+,37?,38?,39?,40?,41?,42?,43?,44+,45+,46+,49?,50-,51+,52-,53-/m1/s1. The molecule has 1 amide bonds. The van der Waals surface area contributed by atoms with Crippen molar-refractivity contribution < 1.29 is 88.8 Å². The van der Waals surface area contributed by atoms with E-state index in [1.54, 1.807) is 0 Å². The maximum atomic E-state index is 15.6. The summed E-state index contributed by atoms with van der Waals surface area (Å²) in [6.07, 6.45) is -12.8. The van der Waals surface area contributed by atoms with Crippen LogP contribution in [-0.4, -0.2) is 182 Å². The summed E-state index contributed by atoms with van der Waals surface area (Å²) in [6, 6.07) is -1.34. The molecule has 12 unspecified atom stereocenters. The summed E-state index contributed by atoms with van der Waals surface area (Å²) in [7, 11) is 0. The molecule has 4 saturated carbocycles. The topological polar surface area (TPSA) is 327 Å². The first-order chi connectivity index (χ1) is 34.3. The fraction of sp³-hybridized carbons (Fsp3) is 0.906. The first-order valence-electron chi connectivity index (χ1n) is 26.9. The Kier molecular flexibility index (Phi) is 16.5. The summed E-state index contributed by atoms with van der Waals surface area (Å²) in [6.45, 7) is 13.8. The molecule has 0 radical (unpaired) electrons. The number of carbonyl (C=O) groups excluding carboxylic acids is 3. The number of amides is 1. The van der Waals surface area contributed by atoms with Gasteiger partial charge in [0, 0.05) is 6.42 Å². The maximum absolute atomic E-state index is 15.6. The van der Waals surface area contributed by atoms with E-state index in [1.807, 2.05) is 6.92 Å². The van der Waals surface area contributed by atoms with Gasteiger partial charge >= 0.3 is 5.97 Å². The zero-order valence-corrected chi connectivity index (χ0v) is 43.7. The van der Waals surface area contributed by atoms with E-state index in [-0.39, 0.29) is 47.3 Å². The summed E-state index contributed by atoms with van der Waals surface area (Å²) < 4.78 is 36.2. The molecule has 0 spiro atoms. The van der Waals surface area contributed by atoms with E-state index in [2.05, 4.69) is 46.0 Å². The first kappa shape index (κ1) is 56.9. The second-order valence-electron chi connectivity index (χ2n) is 25.0. The molecule has 8 aliphatic rings. The lowest BCUT2D eigenvalue weighted by Gasteiger charge is -2.71. The number of aliphatic hydroxyl groups excluding tert-OH is 9. The summed E-state index contributed by atoms with van der Waals surface area (Å²) >= 11 is 0. The largest absolute Gasteiger partial charge is 0.432 e. The lowest BCUT2D eigenvalue weighted by molar-refractivity contribution is -0.370. The van der Waals surface area contributed by atoms with Gasteiger partial charge in [-0.05, 0) is 124 Å². The monoisotopic (exact) mass is 1040 g/mol. The minimum Gasteiger partial charge on any atom is -0.432 e. The lowest BCUT2D eigenvalue weighted by Crippen LogP contribution is -2.69. The molecule has 7 fully saturated rings. The van der Waals surface area contributed by atoms with Crippen molar-refractivity contribution in [3.8, 4) is 0 Å². The Balaban J connectivity index is 1.10. The van der Waals surface area contributed by atoms with Gasteiger partial charge in [-0.3, -0.25) is 9.59 Å². The molecule has 0 bridgehead atoms. The SMILES string of the molecule is C[C@H]1O[C@@H](OC2C(O)[C@@H](NC(=O)CCCCCN)C(CO)O[C@H]2OC(=O)[C@]23CCC(C)(C)CC2C2=CCC4C5(C)CC[C@H](O)[C@](C)(C=O)[C@@H]5CC[C@]4(C)[C@]2(C)CC3O)C(O)C(O)C1O[C@@H]1OC[C@@H](O)C(O)C1O. The van der Waals surface area contributed by atoms with Crippen molar-refractivity contribution in [2.75, 3.05) is 19.8 Å². The van der Waals surface area contributed by atoms with E-state index in [4.69, 9.17) is 34.2 Å². The zero-order chi connectivity index (χ0) is 53.4. The zero-order valence-electron chi connectivity index (χ0n) is 43.7. The number of allylic oxidation sites excluding steroid dienone is 2. The predicted octanol–water partition coefficient (Wildman–Crippen LogP) is 0.600. The number of nitrogens with two attached hydrogens (primary N) is 1. The van der Waals surface area contributed by atoms with E-state index in [0.29, 0.717) is 51.5 Å².